The van der Waals surface area contributed by atoms with Crippen molar-refractivity contribution >= 4 is 9.03 Å². The molecule has 2 rings (SSSR count). The molecule has 0 aliphatic rings. The van der Waals surface area contributed by atoms with Gasteiger partial charge in [-0.25, -0.2) is 0 Å². The third-order valence-corrected chi connectivity index (χ3v) is 2.45. The van der Waals surface area contributed by atoms with Crippen LogP contribution in [0.25, 0.3) is 11.1 Å². The maximum Gasteiger partial charge on any atom is 0.212 e. The molecule has 0 saturated heterocycles. The van der Waals surface area contributed by atoms with Gasteiger partial charge in [-0.1, -0.05) is 42.5 Å². The highest BCUT2D eigenvalue weighted by Crippen LogP contribution is 2.24. The van der Waals surface area contributed by atoms with Crippen molar-refractivity contribution in [3.05, 3.63) is 54.6 Å². The van der Waals surface area contributed by atoms with Crippen LogP contribution in [0, 0.1) is 0 Å². The number of hydrogen-bond donors (Lipinski definition) is 1. The molecule has 0 heterocycles. The van der Waals surface area contributed by atoms with E-state index in [9.17, 15) is 0 Å². The molecule has 1 atom stereocenters. The van der Waals surface area contributed by atoms with Crippen molar-refractivity contribution in [3.63, 3.8) is 0 Å². The summed E-state index contributed by atoms with van der Waals surface area (Å²) in [6.45, 7) is 0. The average molecular weight is 218 g/mol. The molecule has 0 radical (unpaired) electrons. The van der Waals surface area contributed by atoms with Gasteiger partial charge in [0.05, 0.1) is 0 Å². The highest BCUT2D eigenvalue weighted by Gasteiger charge is 1.97. The van der Waals surface area contributed by atoms with Crippen LogP contribution in [0.5, 0.6) is 5.75 Å². The normalized spacial score (nSPS) is 10.7. The minimum absolute atomic E-state index is 0.501. The lowest BCUT2D eigenvalue weighted by atomic mass is 10.1. The number of hydrogen-bond acceptors (Lipinski definition) is 2. The zero-order valence-electron chi connectivity index (χ0n) is 8.05. The topological polar surface area (TPSA) is 29.5 Å². The fraction of sp³-hybridized carbons (Fsp3) is 0. The van der Waals surface area contributed by atoms with E-state index in [0.717, 1.165) is 5.56 Å². The van der Waals surface area contributed by atoms with E-state index in [1.165, 1.54) is 5.56 Å². The number of rotatable bonds is 3. The molecular weight excluding hydrogens is 207 g/mol. The first-order valence-corrected chi connectivity index (χ1v) is 5.47. The molecule has 2 aromatic carbocycles. The quantitative estimate of drug-likeness (QED) is 0.801. The fourth-order valence-corrected chi connectivity index (χ4v) is 1.64. The Morgan fingerprint density at radius 1 is 0.800 bits per heavy atom. The van der Waals surface area contributed by atoms with E-state index in [4.69, 9.17) is 9.42 Å². The minimum atomic E-state index is -0.501. The second-order valence-electron chi connectivity index (χ2n) is 3.08. The zero-order valence-corrected chi connectivity index (χ0v) is 9.05. The molecule has 0 saturated carbocycles. The lowest BCUT2D eigenvalue weighted by molar-refractivity contribution is 0.514. The smallest absolute Gasteiger partial charge is 0.212 e. The predicted molar refractivity (Wildman–Crippen MR) is 63.0 cm³/mol. The van der Waals surface area contributed by atoms with E-state index in [-0.39, 0.29) is 0 Å². The van der Waals surface area contributed by atoms with E-state index < -0.39 is 9.03 Å². The summed E-state index contributed by atoms with van der Waals surface area (Å²) in [4.78, 5) is 8.61. The first-order valence-electron chi connectivity index (χ1n) is 4.61. The van der Waals surface area contributed by atoms with Gasteiger partial charge >= 0.3 is 0 Å². The molecule has 76 valence electrons. The maximum atomic E-state index is 8.61. The van der Waals surface area contributed by atoms with Crippen molar-refractivity contribution in [2.75, 3.05) is 0 Å². The molecule has 0 amide bonds. The Labute approximate surface area is 90.5 Å². The predicted octanol–water partition coefficient (Wildman–Crippen LogP) is 3.23. The molecule has 1 unspecified atom stereocenters. The summed E-state index contributed by atoms with van der Waals surface area (Å²) >= 11 is 0. The second-order valence-corrected chi connectivity index (χ2v) is 3.47. The molecule has 0 fully saturated rings. The van der Waals surface area contributed by atoms with Crippen LogP contribution in [0.15, 0.2) is 54.6 Å². The molecule has 15 heavy (non-hydrogen) atoms. The fourth-order valence-electron chi connectivity index (χ4n) is 1.40. The SMILES string of the molecule is OPOc1ccc(-c2ccccc2)cc1. The van der Waals surface area contributed by atoms with E-state index in [1.807, 2.05) is 42.5 Å². The maximum absolute atomic E-state index is 8.61. The molecule has 0 bridgehead atoms. The van der Waals surface area contributed by atoms with Crippen LogP contribution in [0.1, 0.15) is 0 Å². The largest absolute Gasteiger partial charge is 0.450 e. The van der Waals surface area contributed by atoms with E-state index in [2.05, 4.69) is 12.1 Å². The average Bonchev–Trinajstić information content (AvgIpc) is 2.32. The van der Waals surface area contributed by atoms with Crippen molar-refractivity contribution in [2.45, 2.75) is 0 Å². The van der Waals surface area contributed by atoms with Gasteiger partial charge in [0.25, 0.3) is 0 Å². The third kappa shape index (κ3) is 2.56. The van der Waals surface area contributed by atoms with Gasteiger partial charge < -0.3 is 9.42 Å². The molecule has 0 aromatic heterocycles. The lowest BCUT2D eigenvalue weighted by Crippen LogP contribution is -1.79. The van der Waals surface area contributed by atoms with Gasteiger partial charge in [0.1, 0.15) is 5.75 Å². The van der Waals surface area contributed by atoms with E-state index in [1.54, 1.807) is 0 Å². The summed E-state index contributed by atoms with van der Waals surface area (Å²) in [7, 11) is -0.501. The first kappa shape index (κ1) is 10.2. The summed E-state index contributed by atoms with van der Waals surface area (Å²) < 4.78 is 4.98. The van der Waals surface area contributed by atoms with Crippen LogP contribution >= 0.6 is 9.03 Å². The molecule has 0 aliphatic carbocycles. The van der Waals surface area contributed by atoms with E-state index in [0.29, 0.717) is 5.75 Å². The van der Waals surface area contributed by atoms with Crippen LogP contribution < -0.4 is 4.52 Å². The van der Waals surface area contributed by atoms with Gasteiger partial charge in [-0.2, -0.15) is 0 Å². The van der Waals surface area contributed by atoms with Crippen LogP contribution in [-0.2, 0) is 0 Å². The van der Waals surface area contributed by atoms with E-state index >= 15 is 0 Å². The monoisotopic (exact) mass is 218 g/mol. The Hall–Kier alpha value is -1.37. The third-order valence-electron chi connectivity index (χ3n) is 2.12. The molecule has 2 nitrogen and oxygen atoms in total. The van der Waals surface area contributed by atoms with Gasteiger partial charge in [-0.05, 0) is 23.3 Å². The Bertz CT molecular complexity index is 411. The van der Waals surface area contributed by atoms with Gasteiger partial charge in [0.2, 0.25) is 9.03 Å². The molecule has 1 N–H and O–H groups in total. The van der Waals surface area contributed by atoms with Crippen LogP contribution in [-0.4, -0.2) is 4.89 Å². The van der Waals surface area contributed by atoms with Gasteiger partial charge in [0, 0.05) is 0 Å². The standard InChI is InChI=1S/C12H11O2P/c13-15-14-12-8-6-11(7-9-12)10-4-2-1-3-5-10/h1-9,13,15H. The Kier molecular flexibility index (Phi) is 3.33. The Morgan fingerprint density at radius 2 is 1.40 bits per heavy atom. The lowest BCUT2D eigenvalue weighted by Gasteiger charge is -2.03. The van der Waals surface area contributed by atoms with Crippen molar-refractivity contribution in [1.29, 1.82) is 0 Å². The second kappa shape index (κ2) is 4.92. The summed E-state index contributed by atoms with van der Waals surface area (Å²) in [6.07, 6.45) is 0. The minimum Gasteiger partial charge on any atom is -0.450 e. The van der Waals surface area contributed by atoms with Crippen molar-refractivity contribution in [3.8, 4) is 16.9 Å². The highest BCUT2D eigenvalue weighted by atomic mass is 31.1. The molecule has 3 heteroatoms. The Morgan fingerprint density at radius 3 is 2.00 bits per heavy atom. The molecule has 0 spiro atoms. The van der Waals surface area contributed by atoms with Gasteiger partial charge in [-0.3, -0.25) is 0 Å². The Balaban J connectivity index is 2.24. The van der Waals surface area contributed by atoms with Crippen LogP contribution in [0.2, 0.25) is 0 Å². The van der Waals surface area contributed by atoms with Crippen molar-refractivity contribution in [2.24, 2.45) is 0 Å². The molecule has 2 aromatic rings. The summed E-state index contributed by atoms with van der Waals surface area (Å²) in [5, 5.41) is 0. The first-order chi connectivity index (χ1) is 7.40. The summed E-state index contributed by atoms with van der Waals surface area (Å²) in [5.74, 6) is 0.690. The van der Waals surface area contributed by atoms with Gasteiger partial charge in [0.15, 0.2) is 0 Å². The number of benzene rings is 2. The molecular formula is C12H11O2P. The molecule has 0 aliphatic heterocycles. The van der Waals surface area contributed by atoms with Crippen LogP contribution in [0.4, 0.5) is 0 Å². The highest BCUT2D eigenvalue weighted by molar-refractivity contribution is 7.25. The van der Waals surface area contributed by atoms with Crippen LogP contribution in [0.3, 0.4) is 0 Å². The van der Waals surface area contributed by atoms with Gasteiger partial charge in [-0.15, -0.1) is 0 Å². The van der Waals surface area contributed by atoms with Crippen molar-refractivity contribution in [1.82, 2.24) is 0 Å². The summed E-state index contributed by atoms with van der Waals surface area (Å²) in [5.41, 5.74) is 2.32. The van der Waals surface area contributed by atoms with Crippen molar-refractivity contribution < 1.29 is 9.42 Å². The summed E-state index contributed by atoms with van der Waals surface area (Å²) in [6, 6.07) is 17.8. The zero-order chi connectivity index (χ0) is 10.5.